The van der Waals surface area contributed by atoms with Gasteiger partial charge in [-0.3, -0.25) is 4.99 Å². The quantitative estimate of drug-likeness (QED) is 0.159. The molecule has 0 amide bonds. The third-order valence-corrected chi connectivity index (χ3v) is 14.4. The summed E-state index contributed by atoms with van der Waals surface area (Å²) in [5.74, 6) is 0.768. The number of nitrogens with zero attached hydrogens (tertiary/aromatic N) is 1. The van der Waals surface area contributed by atoms with Crippen LogP contribution in [0.4, 0.5) is 0 Å². The van der Waals surface area contributed by atoms with Crippen molar-refractivity contribution in [3.63, 3.8) is 0 Å². The van der Waals surface area contributed by atoms with Gasteiger partial charge in [-0.2, -0.15) is 0 Å². The van der Waals surface area contributed by atoms with Crippen molar-refractivity contribution in [3.05, 3.63) is 208 Å². The molecule has 0 bridgehead atoms. The number of benzene rings is 6. The molecule has 2 unspecified atom stereocenters. The standard InChI is InChI=1S/C59H53NO/c1-4-38-36-53(42-31-34-49-55(37-42)61-54-29-17-26-44(57(49)54)39-18-7-5-8-19-39)60-52(40-20-9-6-10-21-40)28-16-14-22-43(38)46-33-30-41-32-35-51-58(56(41)47-24-12-11-23-45(46)47)48-25-13-15-27-50(48)59(51,2)3/h5-13,15,17-21,23,25-29,31-32,34-35,37,46-47H,4,14,16,22,24,30,33,36H2,1-3H3/b43-38+,52-28+,60-53+. The molecule has 0 N–H and O–H groups in total. The van der Waals surface area contributed by atoms with E-state index in [0.717, 1.165) is 84.9 Å². The molecule has 0 fully saturated rings. The lowest BCUT2D eigenvalue weighted by Crippen LogP contribution is -2.18. The van der Waals surface area contributed by atoms with Crippen LogP contribution in [-0.4, -0.2) is 5.71 Å². The fourth-order valence-corrected chi connectivity index (χ4v) is 11.5. The SMILES string of the molecule is CC/C1=C(\C2CCc3ccc4c(c3C3CC=CC=C23)-c2ccccc2C4(C)C)CCC/C=C(c2ccccc2)/N=C(/c2ccc3c(c2)oc2cccc(-c4ccccc4)c23)C1. The number of aliphatic imine (C=N–C) groups is 1. The van der Waals surface area contributed by atoms with Gasteiger partial charge >= 0.3 is 0 Å². The third kappa shape index (κ3) is 6.42. The number of hydrogen-bond donors (Lipinski definition) is 0. The summed E-state index contributed by atoms with van der Waals surface area (Å²) in [4.78, 5) is 5.66. The second-order valence-corrected chi connectivity index (χ2v) is 18.1. The van der Waals surface area contributed by atoms with Gasteiger partial charge in [-0.1, -0.05) is 177 Å². The fraction of sp³-hybridized carbons (Fsp3) is 0.237. The summed E-state index contributed by atoms with van der Waals surface area (Å²) >= 11 is 0. The van der Waals surface area contributed by atoms with Gasteiger partial charge in [0, 0.05) is 40.0 Å². The van der Waals surface area contributed by atoms with E-state index in [-0.39, 0.29) is 5.41 Å². The van der Waals surface area contributed by atoms with Gasteiger partial charge in [-0.15, -0.1) is 0 Å². The highest BCUT2D eigenvalue weighted by atomic mass is 16.3. The van der Waals surface area contributed by atoms with E-state index >= 15 is 0 Å². The minimum absolute atomic E-state index is 0.00727. The molecule has 61 heavy (non-hydrogen) atoms. The number of furan rings is 1. The van der Waals surface area contributed by atoms with Crippen LogP contribution in [0.3, 0.4) is 0 Å². The molecule has 1 aromatic heterocycles. The lowest BCUT2D eigenvalue weighted by atomic mass is 9.72. The Hall–Kier alpha value is -6.25. The minimum atomic E-state index is -0.00727. The Balaban J connectivity index is 1.04. The lowest BCUT2D eigenvalue weighted by Gasteiger charge is -2.32. The number of rotatable bonds is 5. The molecule has 6 aromatic carbocycles. The van der Waals surface area contributed by atoms with E-state index in [9.17, 15) is 0 Å². The zero-order valence-electron chi connectivity index (χ0n) is 35.7. The summed E-state index contributed by atoms with van der Waals surface area (Å²) in [5.41, 5.74) is 22.6. The molecule has 0 spiro atoms. The number of hydrogen-bond acceptors (Lipinski definition) is 2. The predicted octanol–water partition coefficient (Wildman–Crippen LogP) is 15.9. The highest BCUT2D eigenvalue weighted by molar-refractivity contribution is 6.14. The first kappa shape index (κ1) is 37.7. The van der Waals surface area contributed by atoms with Crippen LogP contribution in [0, 0.1) is 5.92 Å². The van der Waals surface area contributed by atoms with Gasteiger partial charge in [0.2, 0.25) is 0 Å². The van der Waals surface area contributed by atoms with Crippen LogP contribution in [0.2, 0.25) is 0 Å². The van der Waals surface area contributed by atoms with Crippen LogP contribution in [0.15, 0.2) is 184 Å². The van der Waals surface area contributed by atoms with Crippen LogP contribution in [-0.2, 0) is 11.8 Å². The van der Waals surface area contributed by atoms with Crippen molar-refractivity contribution in [2.45, 2.75) is 83.5 Å². The second-order valence-electron chi connectivity index (χ2n) is 18.1. The van der Waals surface area contributed by atoms with E-state index in [0.29, 0.717) is 11.8 Å². The Morgan fingerprint density at radius 3 is 2.33 bits per heavy atom. The van der Waals surface area contributed by atoms with E-state index in [2.05, 4.69) is 179 Å². The number of allylic oxidation sites excluding steroid dienone is 7. The Morgan fingerprint density at radius 1 is 0.705 bits per heavy atom. The summed E-state index contributed by atoms with van der Waals surface area (Å²) in [6.07, 6.45) is 18.0. The minimum Gasteiger partial charge on any atom is -0.456 e. The molecule has 300 valence electrons. The molecule has 4 aliphatic rings. The van der Waals surface area contributed by atoms with E-state index in [1.165, 1.54) is 44.3 Å². The van der Waals surface area contributed by atoms with Crippen LogP contribution < -0.4 is 0 Å². The lowest BCUT2D eigenvalue weighted by molar-refractivity contribution is 0.567. The monoisotopic (exact) mass is 791 g/mol. The first-order valence-electron chi connectivity index (χ1n) is 22.7. The van der Waals surface area contributed by atoms with E-state index < -0.39 is 0 Å². The molecule has 7 aromatic rings. The maximum absolute atomic E-state index is 6.70. The van der Waals surface area contributed by atoms with Crippen molar-refractivity contribution in [1.29, 1.82) is 0 Å². The van der Waals surface area contributed by atoms with Gasteiger partial charge in [0.05, 0.1) is 11.4 Å². The molecule has 2 nitrogen and oxygen atoms in total. The van der Waals surface area contributed by atoms with E-state index in [1.807, 2.05) is 0 Å². The zero-order valence-corrected chi connectivity index (χ0v) is 35.7. The topological polar surface area (TPSA) is 25.5 Å². The van der Waals surface area contributed by atoms with Crippen molar-refractivity contribution in [3.8, 4) is 22.3 Å². The van der Waals surface area contributed by atoms with Gasteiger partial charge in [0.25, 0.3) is 0 Å². The molecule has 0 radical (unpaired) electrons. The number of fused-ring (bicyclic) bond motifs is 10. The molecule has 2 heteroatoms. The zero-order chi connectivity index (χ0) is 41.1. The molecular weight excluding hydrogens is 739 g/mol. The smallest absolute Gasteiger partial charge is 0.136 e. The largest absolute Gasteiger partial charge is 0.456 e. The fourth-order valence-electron chi connectivity index (χ4n) is 11.5. The van der Waals surface area contributed by atoms with Crippen molar-refractivity contribution in [2.24, 2.45) is 10.9 Å². The summed E-state index contributed by atoms with van der Waals surface area (Å²) < 4.78 is 6.70. The number of aryl methyl sites for hydroxylation is 1. The van der Waals surface area contributed by atoms with Crippen LogP contribution in [0.1, 0.15) is 105 Å². The molecule has 11 rings (SSSR count). The third-order valence-electron chi connectivity index (χ3n) is 14.4. The highest BCUT2D eigenvalue weighted by Gasteiger charge is 2.41. The molecule has 2 heterocycles. The molecule has 2 atom stereocenters. The maximum atomic E-state index is 6.70. The van der Waals surface area contributed by atoms with Crippen molar-refractivity contribution in [2.75, 3.05) is 0 Å². The Bertz CT molecular complexity index is 3000. The van der Waals surface area contributed by atoms with Gasteiger partial charge < -0.3 is 4.42 Å². The first-order valence-corrected chi connectivity index (χ1v) is 22.7. The van der Waals surface area contributed by atoms with Gasteiger partial charge in [-0.05, 0) is 113 Å². The summed E-state index contributed by atoms with van der Waals surface area (Å²) in [6.45, 7) is 7.22. The maximum Gasteiger partial charge on any atom is 0.136 e. The average molecular weight is 792 g/mol. The normalized spacial score (nSPS) is 22.5. The van der Waals surface area contributed by atoms with Crippen LogP contribution in [0.5, 0.6) is 0 Å². The van der Waals surface area contributed by atoms with Gasteiger partial charge in [-0.25, -0.2) is 0 Å². The Kier molecular flexibility index (Phi) is 9.49. The van der Waals surface area contributed by atoms with Crippen LogP contribution in [0.25, 0.3) is 49.9 Å². The van der Waals surface area contributed by atoms with Crippen LogP contribution >= 0.6 is 0 Å². The molecule has 0 saturated heterocycles. The Morgan fingerprint density at radius 2 is 1.49 bits per heavy atom. The second kappa shape index (κ2) is 15.3. The Labute approximate surface area is 360 Å². The average Bonchev–Trinajstić information content (AvgIpc) is 3.73. The molecule has 3 aliphatic carbocycles. The highest BCUT2D eigenvalue weighted by Crippen LogP contribution is 2.56. The van der Waals surface area contributed by atoms with E-state index in [4.69, 9.17) is 9.41 Å². The van der Waals surface area contributed by atoms with Crippen molar-refractivity contribution >= 4 is 33.3 Å². The first-order chi connectivity index (χ1) is 30.0. The van der Waals surface area contributed by atoms with Gasteiger partial charge in [0.1, 0.15) is 11.2 Å². The van der Waals surface area contributed by atoms with E-state index in [1.54, 1.807) is 27.8 Å². The molecule has 0 saturated carbocycles. The summed E-state index contributed by atoms with van der Waals surface area (Å²) in [5, 5.41) is 2.31. The summed E-state index contributed by atoms with van der Waals surface area (Å²) in [6, 6.07) is 48.9. The van der Waals surface area contributed by atoms with Crippen molar-refractivity contribution < 1.29 is 4.42 Å². The summed E-state index contributed by atoms with van der Waals surface area (Å²) in [7, 11) is 0. The predicted molar refractivity (Wildman–Crippen MR) is 256 cm³/mol. The van der Waals surface area contributed by atoms with Gasteiger partial charge in [0.15, 0.2) is 0 Å². The molecular formula is C59H53NO. The molecule has 1 aliphatic heterocycles. The van der Waals surface area contributed by atoms with Crippen molar-refractivity contribution in [1.82, 2.24) is 0 Å².